The maximum Gasteiger partial charge on any atom is 0.221 e. The van der Waals surface area contributed by atoms with Crippen molar-refractivity contribution in [2.24, 2.45) is 0 Å². The molecule has 0 fully saturated rings. The van der Waals surface area contributed by atoms with Crippen molar-refractivity contribution in [1.29, 1.82) is 0 Å². The van der Waals surface area contributed by atoms with E-state index in [0.29, 0.717) is 41.4 Å². The zero-order chi connectivity index (χ0) is 24.7. The largest absolute Gasteiger partial charge is 0.496 e. The van der Waals surface area contributed by atoms with Crippen molar-refractivity contribution in [2.75, 3.05) is 28.4 Å². The van der Waals surface area contributed by atoms with Gasteiger partial charge in [0.25, 0.3) is 0 Å². The molecule has 0 N–H and O–H groups in total. The summed E-state index contributed by atoms with van der Waals surface area (Å²) in [6.45, 7) is 1.94. The molecule has 0 saturated carbocycles. The summed E-state index contributed by atoms with van der Waals surface area (Å²) in [4.78, 5) is 12.4. The van der Waals surface area contributed by atoms with Crippen molar-refractivity contribution in [1.82, 2.24) is 0 Å². The fourth-order valence-corrected chi connectivity index (χ4v) is 4.86. The molecule has 0 bridgehead atoms. The van der Waals surface area contributed by atoms with E-state index in [4.69, 9.17) is 30.5 Å². The highest BCUT2D eigenvalue weighted by atomic mass is 35.5. The Labute approximate surface area is 210 Å². The van der Waals surface area contributed by atoms with Crippen molar-refractivity contribution < 1.29 is 23.7 Å². The number of carbonyl (C=O) groups is 1. The van der Waals surface area contributed by atoms with Gasteiger partial charge in [0, 0.05) is 5.56 Å². The normalized spacial score (nSPS) is 12.4. The maximum absolute atomic E-state index is 12.4. The van der Waals surface area contributed by atoms with Crippen LogP contribution in [0, 0.1) is 0 Å². The third-order valence-electron chi connectivity index (χ3n) is 5.52. The van der Waals surface area contributed by atoms with Crippen LogP contribution in [0.4, 0.5) is 0 Å². The van der Waals surface area contributed by atoms with E-state index in [1.165, 1.54) is 0 Å². The number of aryl methyl sites for hydroxylation is 1. The number of hydrogen-bond acceptors (Lipinski definition) is 6. The lowest BCUT2D eigenvalue weighted by Gasteiger charge is -2.19. The average Bonchev–Trinajstić information content (AvgIpc) is 2.87. The molecular weight excluding hydrogens is 472 g/mol. The molecule has 3 aromatic carbocycles. The number of halogens is 1. The van der Waals surface area contributed by atoms with Gasteiger partial charge in [-0.15, -0.1) is 11.6 Å². The number of hydrogen-bond donors (Lipinski definition) is 0. The van der Waals surface area contributed by atoms with Crippen molar-refractivity contribution in [3.63, 3.8) is 0 Å². The number of alkyl halides is 1. The SMILES string of the molecule is COc1ccc(OC)c2c(OC)c(CCC=C(C)C(Cl)SC(=O)c3ccccc3)cc(OC)c12. The van der Waals surface area contributed by atoms with E-state index in [-0.39, 0.29) is 5.12 Å². The van der Waals surface area contributed by atoms with E-state index in [9.17, 15) is 4.79 Å². The molecule has 3 aromatic rings. The summed E-state index contributed by atoms with van der Waals surface area (Å²) >= 11 is 7.63. The fraction of sp³-hybridized carbons (Fsp3) is 0.296. The number of rotatable bonds is 10. The number of carbonyl (C=O) groups excluding carboxylic acids is 1. The predicted molar refractivity (Wildman–Crippen MR) is 140 cm³/mol. The Morgan fingerprint density at radius 2 is 1.53 bits per heavy atom. The average molecular weight is 501 g/mol. The minimum absolute atomic E-state index is 0.0460. The molecule has 0 heterocycles. The Kier molecular flexibility index (Phi) is 9.13. The monoisotopic (exact) mass is 500 g/mol. The van der Waals surface area contributed by atoms with Gasteiger partial charge in [0.2, 0.25) is 5.12 Å². The summed E-state index contributed by atoms with van der Waals surface area (Å²) in [5.41, 5.74) is 2.55. The van der Waals surface area contributed by atoms with Crippen LogP contribution in [0.5, 0.6) is 23.0 Å². The molecule has 0 saturated heterocycles. The zero-order valence-electron chi connectivity index (χ0n) is 20.0. The van der Waals surface area contributed by atoms with Crippen molar-refractivity contribution in [2.45, 2.75) is 24.5 Å². The second kappa shape index (κ2) is 12.0. The van der Waals surface area contributed by atoms with Gasteiger partial charge < -0.3 is 18.9 Å². The highest BCUT2D eigenvalue weighted by molar-refractivity contribution is 8.15. The van der Waals surface area contributed by atoms with E-state index < -0.39 is 4.71 Å². The Morgan fingerprint density at radius 3 is 2.12 bits per heavy atom. The Morgan fingerprint density at radius 1 is 0.912 bits per heavy atom. The molecule has 0 aliphatic rings. The molecule has 3 rings (SSSR count). The van der Waals surface area contributed by atoms with Crippen LogP contribution in [-0.2, 0) is 6.42 Å². The number of fused-ring (bicyclic) bond motifs is 1. The number of allylic oxidation sites excluding steroid dienone is 1. The van der Waals surface area contributed by atoms with Gasteiger partial charge in [-0.05, 0) is 49.1 Å². The van der Waals surface area contributed by atoms with Gasteiger partial charge in [-0.25, -0.2) is 0 Å². The van der Waals surface area contributed by atoms with E-state index in [1.807, 2.05) is 43.3 Å². The lowest BCUT2D eigenvalue weighted by atomic mass is 9.99. The Balaban J connectivity index is 1.84. The lowest BCUT2D eigenvalue weighted by Crippen LogP contribution is -2.02. The first-order valence-corrected chi connectivity index (χ1v) is 12.1. The number of benzene rings is 3. The van der Waals surface area contributed by atoms with Crippen LogP contribution in [0.1, 0.15) is 29.3 Å². The molecule has 0 amide bonds. The Hall–Kier alpha value is -2.83. The van der Waals surface area contributed by atoms with Crippen LogP contribution in [0.15, 0.2) is 60.2 Å². The first-order valence-electron chi connectivity index (χ1n) is 10.8. The van der Waals surface area contributed by atoms with E-state index >= 15 is 0 Å². The van der Waals surface area contributed by atoms with Gasteiger partial charge in [0.05, 0.1) is 39.2 Å². The molecule has 0 aliphatic carbocycles. The standard InChI is InChI=1S/C27H29ClO5S/c1-17(26(28)34-27(29)18-11-7-6-8-12-18)10-9-13-19-16-22(32-4)23-20(30-2)14-15-21(31-3)24(23)25(19)33-5/h6-8,10-12,14-16,26H,9,13H2,1-5H3. The summed E-state index contributed by atoms with van der Waals surface area (Å²) < 4.78 is 22.3. The predicted octanol–water partition coefficient (Wildman–Crippen LogP) is 6.89. The van der Waals surface area contributed by atoms with E-state index in [2.05, 4.69) is 6.08 Å². The minimum atomic E-state index is -0.440. The zero-order valence-corrected chi connectivity index (χ0v) is 21.6. The van der Waals surface area contributed by atoms with Crippen molar-refractivity contribution >= 4 is 39.3 Å². The molecule has 34 heavy (non-hydrogen) atoms. The number of ether oxygens (including phenoxy) is 4. The summed E-state index contributed by atoms with van der Waals surface area (Å²) in [5.74, 6) is 2.75. The van der Waals surface area contributed by atoms with Gasteiger partial charge in [-0.3, -0.25) is 4.79 Å². The Bertz CT molecular complexity index is 1180. The van der Waals surface area contributed by atoms with Crippen molar-refractivity contribution in [3.05, 3.63) is 71.3 Å². The van der Waals surface area contributed by atoms with Gasteiger partial charge in [0.15, 0.2) is 0 Å². The molecule has 1 unspecified atom stereocenters. The highest BCUT2D eigenvalue weighted by Crippen LogP contribution is 2.46. The quantitative estimate of drug-likeness (QED) is 0.223. The lowest BCUT2D eigenvalue weighted by molar-refractivity contribution is 0.108. The first kappa shape index (κ1) is 25.8. The molecule has 0 radical (unpaired) electrons. The van der Waals surface area contributed by atoms with Crippen LogP contribution in [-0.4, -0.2) is 38.3 Å². The van der Waals surface area contributed by atoms with Gasteiger partial charge in [-0.1, -0.05) is 48.2 Å². The molecule has 1 atom stereocenters. The second-order valence-corrected chi connectivity index (χ2v) is 9.34. The molecule has 0 aliphatic heterocycles. The molecule has 0 spiro atoms. The summed E-state index contributed by atoms with van der Waals surface area (Å²) in [6, 6.07) is 14.8. The number of methoxy groups -OCH3 is 4. The van der Waals surface area contributed by atoms with Gasteiger partial charge in [0.1, 0.15) is 27.7 Å². The number of thioether (sulfide) groups is 1. The van der Waals surface area contributed by atoms with E-state index in [1.54, 1.807) is 40.6 Å². The van der Waals surface area contributed by atoms with Crippen LogP contribution in [0.25, 0.3) is 10.8 Å². The minimum Gasteiger partial charge on any atom is -0.496 e. The van der Waals surface area contributed by atoms with Crippen LogP contribution in [0.3, 0.4) is 0 Å². The fourth-order valence-electron chi connectivity index (χ4n) is 3.79. The molecule has 5 nitrogen and oxygen atoms in total. The smallest absolute Gasteiger partial charge is 0.221 e. The van der Waals surface area contributed by atoms with Crippen LogP contribution < -0.4 is 18.9 Å². The summed E-state index contributed by atoms with van der Waals surface area (Å²) in [5, 5.41) is 1.56. The third kappa shape index (κ3) is 5.62. The summed E-state index contributed by atoms with van der Waals surface area (Å²) in [7, 11) is 6.52. The topological polar surface area (TPSA) is 54.0 Å². The molecule has 7 heteroatoms. The second-order valence-electron chi connectivity index (χ2n) is 7.57. The summed E-state index contributed by atoms with van der Waals surface area (Å²) in [6.07, 6.45) is 3.46. The molecule has 180 valence electrons. The first-order chi connectivity index (χ1) is 16.4. The van der Waals surface area contributed by atoms with E-state index in [0.717, 1.165) is 33.7 Å². The van der Waals surface area contributed by atoms with Gasteiger partial charge in [-0.2, -0.15) is 0 Å². The third-order valence-corrected chi connectivity index (χ3v) is 7.16. The van der Waals surface area contributed by atoms with Gasteiger partial charge >= 0.3 is 0 Å². The van der Waals surface area contributed by atoms with Crippen molar-refractivity contribution in [3.8, 4) is 23.0 Å². The van der Waals surface area contributed by atoms with Crippen LogP contribution >= 0.6 is 23.4 Å². The highest BCUT2D eigenvalue weighted by Gasteiger charge is 2.21. The van der Waals surface area contributed by atoms with Crippen LogP contribution in [0.2, 0.25) is 0 Å². The molecular formula is C27H29ClO5S. The molecule has 0 aromatic heterocycles. The maximum atomic E-state index is 12.4.